The van der Waals surface area contributed by atoms with E-state index in [1.807, 2.05) is 44.2 Å². The highest BCUT2D eigenvalue weighted by atomic mass is 16.5. The minimum atomic E-state index is -0.581. The smallest absolute Gasteiger partial charge is 0.238 e. The molecular weight excluding hydrogens is 346 g/mol. The molecule has 1 aliphatic rings. The summed E-state index contributed by atoms with van der Waals surface area (Å²) in [6.45, 7) is 8.20. The van der Waals surface area contributed by atoms with E-state index in [1.165, 1.54) is 0 Å². The van der Waals surface area contributed by atoms with Gasteiger partial charge in [-0.25, -0.2) is 0 Å². The van der Waals surface area contributed by atoms with Gasteiger partial charge in [-0.2, -0.15) is 0 Å². The summed E-state index contributed by atoms with van der Waals surface area (Å²) in [5, 5.41) is 13.1. The lowest BCUT2D eigenvalue weighted by Crippen LogP contribution is -2.51. The van der Waals surface area contributed by atoms with Gasteiger partial charge >= 0.3 is 0 Å². The lowest BCUT2D eigenvalue weighted by molar-refractivity contribution is -0.122. The summed E-state index contributed by atoms with van der Waals surface area (Å²) in [7, 11) is 1.60. The fourth-order valence-corrected chi connectivity index (χ4v) is 2.94. The molecule has 0 aromatic heterocycles. The van der Waals surface area contributed by atoms with Crippen LogP contribution < -0.4 is 14.8 Å². The molecule has 0 aliphatic carbocycles. The second-order valence-corrected chi connectivity index (χ2v) is 6.71. The van der Waals surface area contributed by atoms with Gasteiger partial charge in [-0.3, -0.25) is 14.6 Å². The quantitative estimate of drug-likeness (QED) is 0.671. The van der Waals surface area contributed by atoms with Gasteiger partial charge in [0.25, 0.3) is 0 Å². The van der Waals surface area contributed by atoms with E-state index in [0.717, 1.165) is 31.9 Å². The van der Waals surface area contributed by atoms with Crippen LogP contribution in [0.3, 0.4) is 0 Å². The van der Waals surface area contributed by atoms with Crippen molar-refractivity contribution in [3.63, 3.8) is 0 Å². The summed E-state index contributed by atoms with van der Waals surface area (Å²) in [6, 6.07) is 7.40. The normalized spacial score (nSPS) is 17.4. The second-order valence-electron chi connectivity index (χ2n) is 6.71. The van der Waals surface area contributed by atoms with E-state index in [4.69, 9.17) is 9.47 Å². The number of nitrogens with zero attached hydrogens (tertiary/aromatic N) is 2. The number of para-hydroxylation sites is 2. The van der Waals surface area contributed by atoms with Gasteiger partial charge in [0.1, 0.15) is 12.7 Å². The zero-order valence-corrected chi connectivity index (χ0v) is 16.5. The van der Waals surface area contributed by atoms with E-state index >= 15 is 0 Å². The molecule has 1 saturated heterocycles. The summed E-state index contributed by atoms with van der Waals surface area (Å²) in [5.74, 6) is 1.31. The maximum absolute atomic E-state index is 11.9. The van der Waals surface area contributed by atoms with Gasteiger partial charge in [0.2, 0.25) is 5.91 Å². The molecule has 1 unspecified atom stereocenters. The van der Waals surface area contributed by atoms with Crippen LogP contribution in [-0.4, -0.2) is 79.9 Å². The molecule has 1 fully saturated rings. The monoisotopic (exact) mass is 377 g/mol. The molecule has 7 nitrogen and oxygen atoms in total. The van der Waals surface area contributed by atoms with Crippen molar-refractivity contribution in [1.29, 1.82) is 0 Å². The predicted octanol–water partition coefficient (Wildman–Crippen LogP) is 1.09. The van der Waals surface area contributed by atoms with Gasteiger partial charge in [0.05, 0.1) is 13.7 Å². The largest absolute Gasteiger partial charge is 0.493 e. The molecule has 2 N–H and O–H groups in total. The standard InChI is InChI=1S/C20H31N3O4/c1-4-16(2)21-20(25)14-23-11-9-22(10-12-23)13-17(24)15-27-19-8-6-5-7-18(19)26-3/h4-8,17,24H,9-15H2,1-3H3,(H,21,25)/b16-4+. The summed E-state index contributed by atoms with van der Waals surface area (Å²) < 4.78 is 10.9. The molecule has 0 saturated carbocycles. The number of benzene rings is 1. The SMILES string of the molecule is C/C=C(\C)NC(=O)CN1CCN(CC(O)COc2ccccc2OC)CC1. The van der Waals surface area contributed by atoms with Crippen molar-refractivity contribution < 1.29 is 19.4 Å². The Kier molecular flexibility index (Phi) is 8.57. The summed E-state index contributed by atoms with van der Waals surface area (Å²) in [6.07, 6.45) is 1.30. The molecule has 150 valence electrons. The number of carbonyl (C=O) groups is 1. The Hall–Kier alpha value is -2.09. The highest BCUT2D eigenvalue weighted by Gasteiger charge is 2.21. The number of carbonyl (C=O) groups excluding carboxylic acids is 1. The molecule has 1 aromatic rings. The molecule has 1 aromatic carbocycles. The van der Waals surface area contributed by atoms with Gasteiger partial charge in [0, 0.05) is 38.4 Å². The molecule has 0 bridgehead atoms. The lowest BCUT2D eigenvalue weighted by atomic mass is 10.2. The average Bonchev–Trinajstić information content (AvgIpc) is 2.68. The third kappa shape index (κ3) is 7.21. The summed E-state index contributed by atoms with van der Waals surface area (Å²) in [4.78, 5) is 16.3. The van der Waals surface area contributed by atoms with E-state index in [9.17, 15) is 9.90 Å². The number of β-amino-alcohol motifs (C(OH)–C–C–N with tert-alkyl or cyclic N) is 1. The predicted molar refractivity (Wildman–Crippen MR) is 105 cm³/mol. The fourth-order valence-electron chi connectivity index (χ4n) is 2.94. The number of hydrogen-bond donors (Lipinski definition) is 2. The summed E-state index contributed by atoms with van der Waals surface area (Å²) >= 11 is 0. The van der Waals surface area contributed by atoms with Crippen molar-refractivity contribution in [3.8, 4) is 11.5 Å². The van der Waals surface area contributed by atoms with Gasteiger partial charge in [0.15, 0.2) is 11.5 Å². The Morgan fingerprint density at radius 3 is 2.48 bits per heavy atom. The molecule has 1 aliphatic heterocycles. The average molecular weight is 377 g/mol. The Morgan fingerprint density at radius 2 is 1.85 bits per heavy atom. The molecule has 1 heterocycles. The number of piperazine rings is 1. The molecule has 0 spiro atoms. The first-order valence-electron chi connectivity index (χ1n) is 9.33. The first-order valence-corrected chi connectivity index (χ1v) is 9.33. The minimum Gasteiger partial charge on any atom is -0.493 e. The lowest BCUT2D eigenvalue weighted by Gasteiger charge is -2.35. The van der Waals surface area contributed by atoms with E-state index in [1.54, 1.807) is 7.11 Å². The topological polar surface area (TPSA) is 74.3 Å². The van der Waals surface area contributed by atoms with Crippen LogP contribution in [-0.2, 0) is 4.79 Å². The van der Waals surface area contributed by atoms with Crippen LogP contribution in [0.4, 0.5) is 0 Å². The van der Waals surface area contributed by atoms with Crippen molar-refractivity contribution >= 4 is 5.91 Å². The van der Waals surface area contributed by atoms with E-state index < -0.39 is 6.10 Å². The third-order valence-corrected chi connectivity index (χ3v) is 4.57. The number of methoxy groups -OCH3 is 1. The highest BCUT2D eigenvalue weighted by molar-refractivity contribution is 5.79. The molecule has 27 heavy (non-hydrogen) atoms. The van der Waals surface area contributed by atoms with Crippen LogP contribution in [0.5, 0.6) is 11.5 Å². The van der Waals surface area contributed by atoms with Gasteiger partial charge in [-0.05, 0) is 26.0 Å². The zero-order chi connectivity index (χ0) is 19.6. The zero-order valence-electron chi connectivity index (χ0n) is 16.5. The van der Waals surface area contributed by atoms with Crippen LogP contribution in [0.1, 0.15) is 13.8 Å². The van der Waals surface area contributed by atoms with E-state index in [2.05, 4.69) is 15.1 Å². The van der Waals surface area contributed by atoms with Crippen LogP contribution in [0.25, 0.3) is 0 Å². The van der Waals surface area contributed by atoms with Crippen molar-refractivity contribution in [2.45, 2.75) is 20.0 Å². The number of nitrogens with one attached hydrogen (secondary N) is 1. The maximum Gasteiger partial charge on any atom is 0.238 e. The molecule has 1 atom stereocenters. The van der Waals surface area contributed by atoms with Crippen molar-refractivity contribution in [2.75, 3.05) is 53.0 Å². The highest BCUT2D eigenvalue weighted by Crippen LogP contribution is 2.25. The Bertz CT molecular complexity index is 627. The number of aliphatic hydroxyl groups excluding tert-OH is 1. The van der Waals surface area contributed by atoms with Crippen molar-refractivity contribution in [2.24, 2.45) is 0 Å². The van der Waals surface area contributed by atoms with Crippen molar-refractivity contribution in [1.82, 2.24) is 15.1 Å². The third-order valence-electron chi connectivity index (χ3n) is 4.57. The molecule has 7 heteroatoms. The molecule has 1 amide bonds. The minimum absolute atomic E-state index is 0.0179. The van der Waals surface area contributed by atoms with Crippen LogP contribution in [0.15, 0.2) is 36.0 Å². The molecule has 0 radical (unpaired) electrons. The van der Waals surface area contributed by atoms with E-state index in [0.29, 0.717) is 24.6 Å². The number of hydrogen-bond acceptors (Lipinski definition) is 6. The number of ether oxygens (including phenoxy) is 2. The first-order chi connectivity index (χ1) is 13.0. The van der Waals surface area contributed by atoms with Gasteiger partial charge in [-0.15, -0.1) is 0 Å². The first kappa shape index (κ1) is 21.2. The Morgan fingerprint density at radius 1 is 1.22 bits per heavy atom. The van der Waals surface area contributed by atoms with Crippen LogP contribution in [0, 0.1) is 0 Å². The molecular formula is C20H31N3O4. The summed E-state index contributed by atoms with van der Waals surface area (Å²) in [5.41, 5.74) is 0.872. The second kappa shape index (κ2) is 10.9. The Labute approximate surface area is 161 Å². The van der Waals surface area contributed by atoms with Crippen molar-refractivity contribution in [3.05, 3.63) is 36.0 Å². The number of rotatable bonds is 9. The number of amides is 1. The maximum atomic E-state index is 11.9. The molecule has 2 rings (SSSR count). The number of aliphatic hydroxyl groups is 1. The number of allylic oxidation sites excluding steroid dienone is 2. The van der Waals surface area contributed by atoms with Crippen LogP contribution in [0.2, 0.25) is 0 Å². The fraction of sp³-hybridized carbons (Fsp3) is 0.550. The van der Waals surface area contributed by atoms with Gasteiger partial charge < -0.3 is 19.9 Å². The van der Waals surface area contributed by atoms with E-state index in [-0.39, 0.29) is 12.5 Å². The van der Waals surface area contributed by atoms with Gasteiger partial charge in [-0.1, -0.05) is 18.2 Å². The van der Waals surface area contributed by atoms with Crippen LogP contribution >= 0.6 is 0 Å². The Balaban J connectivity index is 1.68.